The zero-order chi connectivity index (χ0) is 17.6. The number of rotatable bonds is 0. The Morgan fingerprint density at radius 2 is 0.478 bits per heavy atom. The molecule has 124 valence electrons. The molecule has 0 N–H and O–H groups in total. The van der Waals surface area contributed by atoms with Gasteiger partial charge in [-0.15, -0.1) is 0 Å². The Morgan fingerprint density at radius 3 is 0.478 bits per heavy atom. The van der Waals surface area contributed by atoms with Crippen molar-refractivity contribution in [1.29, 1.82) is 0 Å². The number of ether oxygens (including phenoxy) is 3. The van der Waals surface area contributed by atoms with E-state index < -0.39 is 36.9 Å². The summed E-state index contributed by atoms with van der Waals surface area (Å²) in [6.07, 6.45) is -12.7. The molecule has 0 saturated heterocycles. The molecule has 0 aliphatic rings. The van der Waals surface area contributed by atoms with E-state index in [-0.39, 0.29) is 48.9 Å². The zero-order valence-electron chi connectivity index (χ0n) is 10.0. The molecule has 0 amide bonds. The van der Waals surface area contributed by atoms with Gasteiger partial charge in [-0.1, -0.05) is 0 Å². The van der Waals surface area contributed by atoms with Gasteiger partial charge in [0.2, 0.25) is 0 Å². The predicted octanol–water partition coefficient (Wildman–Crippen LogP) is -7.69. The molecule has 0 aromatic rings. The summed E-state index contributed by atoms with van der Waals surface area (Å²) in [6, 6.07) is 0. The third-order valence-corrected chi connectivity index (χ3v) is 0.500. The van der Waals surface area contributed by atoms with Crippen LogP contribution in [0.25, 0.3) is 0 Å². The van der Waals surface area contributed by atoms with E-state index in [4.69, 9.17) is 59.4 Å². The van der Waals surface area contributed by atoms with Gasteiger partial charge in [-0.2, -0.15) is 0 Å². The van der Waals surface area contributed by atoms with Crippen LogP contribution < -0.4 is 30.6 Å². The standard InChI is InChI=1S/3C2H2O5.2Sb/c3*3-1(4)7-2(5)6;;/h3*(H,3,4)(H,5,6);;/q;;;2*+3/p-6. The molecular weight excluding hydrogens is 556 g/mol. The third-order valence-electron chi connectivity index (χ3n) is 0.500. The van der Waals surface area contributed by atoms with Gasteiger partial charge in [-0.3, -0.25) is 0 Å². The van der Waals surface area contributed by atoms with Gasteiger partial charge >= 0.3 is 48.9 Å². The van der Waals surface area contributed by atoms with Crippen LogP contribution in [0.5, 0.6) is 0 Å². The third kappa shape index (κ3) is 65.2. The van der Waals surface area contributed by atoms with Crippen molar-refractivity contribution in [1.82, 2.24) is 0 Å². The van der Waals surface area contributed by atoms with Crippen molar-refractivity contribution in [3.63, 3.8) is 0 Å². The summed E-state index contributed by atoms with van der Waals surface area (Å²) in [5.41, 5.74) is 0. The minimum absolute atomic E-state index is 0. The van der Waals surface area contributed by atoms with Crippen molar-refractivity contribution in [3.05, 3.63) is 0 Å². The van der Waals surface area contributed by atoms with Crippen molar-refractivity contribution < 1.29 is 73.6 Å². The molecule has 0 atom stereocenters. The molecule has 0 aromatic carbocycles. The van der Waals surface area contributed by atoms with Crippen molar-refractivity contribution in [2.24, 2.45) is 0 Å². The molecule has 17 heteroatoms. The monoisotopic (exact) mass is 554 g/mol. The minimum Gasteiger partial charge on any atom is -0.483 e. The fourth-order valence-electron chi connectivity index (χ4n) is 0.204. The van der Waals surface area contributed by atoms with Gasteiger partial charge in [0.15, 0.2) is 0 Å². The first-order valence-electron chi connectivity index (χ1n) is 3.67. The minimum atomic E-state index is -2.12. The molecule has 0 bridgehead atoms. The van der Waals surface area contributed by atoms with Crippen LogP contribution in [-0.2, 0) is 14.2 Å². The Morgan fingerprint density at radius 1 is 0.391 bits per heavy atom. The summed E-state index contributed by atoms with van der Waals surface area (Å²) in [5, 5.41) is 54.3. The molecule has 15 nitrogen and oxygen atoms in total. The Labute approximate surface area is 159 Å². The molecule has 0 rings (SSSR count). The topological polar surface area (TPSA) is 268 Å². The van der Waals surface area contributed by atoms with Gasteiger partial charge in [-0.25, -0.2) is 0 Å². The summed E-state index contributed by atoms with van der Waals surface area (Å²) in [7, 11) is 0. The van der Waals surface area contributed by atoms with E-state index in [9.17, 15) is 0 Å². The van der Waals surface area contributed by atoms with E-state index in [0.717, 1.165) is 0 Å². The first-order chi connectivity index (χ1) is 9.38. The number of carboxylic acid groups (broad SMARTS) is 6. The average molecular weight is 556 g/mol. The average Bonchev–Trinajstić information content (AvgIpc) is 2.10. The summed E-state index contributed by atoms with van der Waals surface area (Å²) in [5.74, 6) is 0. The van der Waals surface area contributed by atoms with Crippen molar-refractivity contribution >= 4 is 85.8 Å². The Kier molecular flexibility index (Phi) is 28.2. The van der Waals surface area contributed by atoms with Crippen LogP contribution >= 0.6 is 0 Å². The smallest absolute Gasteiger partial charge is 0.483 e. The van der Waals surface area contributed by atoms with Crippen LogP contribution in [0.15, 0.2) is 0 Å². The maximum absolute atomic E-state index is 9.06. The number of hydrogen-bond acceptors (Lipinski definition) is 15. The van der Waals surface area contributed by atoms with Crippen molar-refractivity contribution in [3.8, 4) is 0 Å². The molecule has 0 aromatic heterocycles. The molecular formula is C6O15Sb2. The second-order valence-corrected chi connectivity index (χ2v) is 1.81. The fourth-order valence-corrected chi connectivity index (χ4v) is 0.204. The Hall–Kier alpha value is -2.14. The second-order valence-electron chi connectivity index (χ2n) is 1.81. The van der Waals surface area contributed by atoms with Crippen LogP contribution in [0, 0.1) is 0 Å². The molecule has 23 heavy (non-hydrogen) atoms. The molecule has 0 aliphatic carbocycles. The first kappa shape index (κ1) is 32.7. The SMILES string of the molecule is O=C([O-])OC(=O)[O-].O=C([O-])OC(=O)[O-].O=C([O-])OC(=O)[O-].[Sb+3].[Sb+3]. The normalized spacial score (nSPS) is 6.78. The zero-order valence-corrected chi connectivity index (χ0v) is 15.1. The van der Waals surface area contributed by atoms with Gasteiger partial charge in [0.25, 0.3) is 36.9 Å². The van der Waals surface area contributed by atoms with E-state index in [1.165, 1.54) is 0 Å². The molecule has 0 unspecified atom stereocenters. The molecule has 4 radical (unpaired) electrons. The molecule has 0 spiro atoms. The van der Waals surface area contributed by atoms with Crippen LogP contribution in [0.3, 0.4) is 0 Å². The number of carbonyl (C=O) groups is 6. The van der Waals surface area contributed by atoms with Crippen molar-refractivity contribution in [2.75, 3.05) is 0 Å². The van der Waals surface area contributed by atoms with Gasteiger partial charge in [0, 0.05) is 0 Å². The van der Waals surface area contributed by atoms with Gasteiger partial charge in [0.1, 0.15) is 0 Å². The number of carbonyl (C=O) groups excluding carboxylic acids is 6. The predicted molar refractivity (Wildman–Crippen MR) is 47.1 cm³/mol. The van der Waals surface area contributed by atoms with E-state index in [2.05, 4.69) is 14.2 Å². The number of hydrogen-bond donors (Lipinski definition) is 0. The van der Waals surface area contributed by atoms with Crippen molar-refractivity contribution in [2.45, 2.75) is 0 Å². The summed E-state index contributed by atoms with van der Waals surface area (Å²) in [4.78, 5) is 54.3. The fraction of sp³-hybridized carbons (Fsp3) is 0. The van der Waals surface area contributed by atoms with Gasteiger partial charge in [0.05, 0.1) is 0 Å². The largest absolute Gasteiger partial charge is 3.00 e. The molecule has 0 heterocycles. The van der Waals surface area contributed by atoms with Crippen LogP contribution in [0.2, 0.25) is 0 Å². The first-order valence-corrected chi connectivity index (χ1v) is 3.67. The summed E-state index contributed by atoms with van der Waals surface area (Å²) >= 11 is 0. The van der Waals surface area contributed by atoms with Crippen LogP contribution in [0.1, 0.15) is 0 Å². The van der Waals surface area contributed by atoms with E-state index >= 15 is 0 Å². The maximum Gasteiger partial charge on any atom is 3.00 e. The molecule has 0 aliphatic heterocycles. The van der Waals surface area contributed by atoms with E-state index in [1.54, 1.807) is 0 Å². The summed E-state index contributed by atoms with van der Waals surface area (Å²) in [6.45, 7) is 0. The van der Waals surface area contributed by atoms with E-state index in [0.29, 0.717) is 0 Å². The van der Waals surface area contributed by atoms with Crippen LogP contribution in [0.4, 0.5) is 28.8 Å². The maximum atomic E-state index is 9.06. The Balaban J connectivity index is -0.0000000675. The molecule has 0 saturated carbocycles. The molecule has 0 fully saturated rings. The van der Waals surface area contributed by atoms with Gasteiger partial charge < -0.3 is 73.6 Å². The second kappa shape index (κ2) is 19.9. The van der Waals surface area contributed by atoms with E-state index in [1.807, 2.05) is 0 Å². The summed E-state index contributed by atoms with van der Waals surface area (Å²) < 4.78 is 8.58. The Bertz CT molecular complexity index is 318. The van der Waals surface area contributed by atoms with Gasteiger partial charge in [-0.05, 0) is 0 Å². The van der Waals surface area contributed by atoms with Crippen LogP contribution in [-0.4, -0.2) is 85.8 Å². The quantitative estimate of drug-likeness (QED) is 0.116.